The third-order valence-electron chi connectivity index (χ3n) is 3.64. The molecule has 5 heteroatoms. The lowest BCUT2D eigenvalue weighted by Crippen LogP contribution is -2.09. The van der Waals surface area contributed by atoms with Crippen LogP contribution in [0, 0.1) is 5.92 Å². The van der Waals surface area contributed by atoms with Crippen molar-refractivity contribution in [2.45, 2.75) is 32.7 Å². The van der Waals surface area contributed by atoms with Gasteiger partial charge in [-0.2, -0.15) is 0 Å². The maximum Gasteiger partial charge on any atom is 0.163 e. The molecule has 0 spiro atoms. The van der Waals surface area contributed by atoms with Crippen LogP contribution in [-0.4, -0.2) is 23.8 Å². The van der Waals surface area contributed by atoms with Gasteiger partial charge in [0.25, 0.3) is 0 Å². The van der Waals surface area contributed by atoms with Gasteiger partial charge in [0, 0.05) is 18.7 Å². The van der Waals surface area contributed by atoms with Gasteiger partial charge in [-0.05, 0) is 5.92 Å². The van der Waals surface area contributed by atoms with Crippen molar-refractivity contribution < 1.29 is 9.47 Å². The number of alkyl halides is 1. The summed E-state index contributed by atoms with van der Waals surface area (Å²) < 4.78 is 12.9. The predicted octanol–water partition coefficient (Wildman–Crippen LogP) is 3.84. The Balaban J connectivity index is 2.59. The van der Waals surface area contributed by atoms with Crippen molar-refractivity contribution in [1.29, 1.82) is 0 Å². The van der Waals surface area contributed by atoms with Gasteiger partial charge in [0.15, 0.2) is 11.5 Å². The number of methoxy groups -OCH3 is 2. The normalized spacial score (nSPS) is 12.7. The van der Waals surface area contributed by atoms with Crippen molar-refractivity contribution in [3.8, 4) is 11.5 Å². The van der Waals surface area contributed by atoms with Gasteiger partial charge in [-0.1, -0.05) is 20.3 Å². The topological polar surface area (TPSA) is 36.3 Å². The number of imidazole rings is 1. The van der Waals surface area contributed by atoms with Crippen molar-refractivity contribution in [3.63, 3.8) is 0 Å². The van der Waals surface area contributed by atoms with Crippen LogP contribution < -0.4 is 9.47 Å². The van der Waals surface area contributed by atoms with Crippen LogP contribution in [0.4, 0.5) is 0 Å². The Labute approximate surface area is 124 Å². The Kier molecular flexibility index (Phi) is 4.76. The summed E-state index contributed by atoms with van der Waals surface area (Å²) in [5.74, 6) is 3.26. The molecule has 1 aromatic carbocycles. The molecule has 2 rings (SSSR count). The molecule has 110 valence electrons. The first-order valence-corrected chi connectivity index (χ1v) is 7.35. The summed E-state index contributed by atoms with van der Waals surface area (Å²) in [5.41, 5.74) is 1.93. The number of nitrogens with zero attached hydrogens (tertiary/aromatic N) is 2. The molecule has 0 N–H and O–H groups in total. The molecule has 1 aromatic heterocycles. The number of rotatable bonds is 6. The average Bonchev–Trinajstić information content (AvgIpc) is 2.82. The minimum atomic E-state index is 0.399. The molecule has 4 nitrogen and oxygen atoms in total. The number of fused-ring (bicyclic) bond motifs is 1. The molecule has 0 aliphatic rings. The molecular weight excluding hydrogens is 276 g/mol. The highest BCUT2D eigenvalue weighted by Crippen LogP contribution is 2.33. The lowest BCUT2D eigenvalue weighted by molar-refractivity contribution is 0.355. The van der Waals surface area contributed by atoms with Crippen LogP contribution in [0.3, 0.4) is 0 Å². The number of halogens is 1. The van der Waals surface area contributed by atoms with E-state index in [1.165, 1.54) is 0 Å². The quantitative estimate of drug-likeness (QED) is 0.760. The second kappa shape index (κ2) is 6.35. The number of benzene rings is 1. The lowest BCUT2D eigenvalue weighted by atomic mass is 10.1. The van der Waals surface area contributed by atoms with E-state index in [-0.39, 0.29) is 0 Å². The number of hydrogen-bond acceptors (Lipinski definition) is 3. The van der Waals surface area contributed by atoms with Gasteiger partial charge in [0.1, 0.15) is 5.82 Å². The van der Waals surface area contributed by atoms with Gasteiger partial charge in [-0.3, -0.25) is 0 Å². The van der Waals surface area contributed by atoms with Crippen molar-refractivity contribution in [1.82, 2.24) is 9.55 Å². The molecule has 20 heavy (non-hydrogen) atoms. The molecule has 0 radical (unpaired) electrons. The van der Waals surface area contributed by atoms with Gasteiger partial charge in [0.05, 0.1) is 31.1 Å². The van der Waals surface area contributed by atoms with Crippen LogP contribution in [0.1, 0.15) is 26.1 Å². The molecule has 0 fully saturated rings. The van der Waals surface area contributed by atoms with Crippen molar-refractivity contribution >= 4 is 22.6 Å². The van der Waals surface area contributed by atoms with E-state index in [2.05, 4.69) is 23.4 Å². The Bertz CT molecular complexity index is 595. The van der Waals surface area contributed by atoms with Crippen LogP contribution in [0.2, 0.25) is 0 Å². The monoisotopic (exact) mass is 296 g/mol. The highest BCUT2D eigenvalue weighted by molar-refractivity contribution is 6.16. The van der Waals surface area contributed by atoms with Crippen LogP contribution in [-0.2, 0) is 12.4 Å². The maximum absolute atomic E-state index is 6.03. The Morgan fingerprint density at radius 3 is 2.45 bits per heavy atom. The lowest BCUT2D eigenvalue weighted by Gasteiger charge is -2.13. The van der Waals surface area contributed by atoms with Crippen LogP contribution >= 0.6 is 11.6 Å². The number of aromatic nitrogens is 2. The van der Waals surface area contributed by atoms with E-state index < -0.39 is 0 Å². The second-order valence-electron chi connectivity index (χ2n) is 4.98. The largest absolute Gasteiger partial charge is 0.493 e. The molecule has 1 atom stereocenters. The first kappa shape index (κ1) is 15.0. The smallest absolute Gasteiger partial charge is 0.163 e. The molecule has 0 aliphatic carbocycles. The summed E-state index contributed by atoms with van der Waals surface area (Å²) in [5, 5.41) is 0. The van der Waals surface area contributed by atoms with Crippen molar-refractivity contribution in [2.24, 2.45) is 5.92 Å². The zero-order valence-corrected chi connectivity index (χ0v) is 13.2. The summed E-state index contributed by atoms with van der Waals surface area (Å²) in [4.78, 5) is 4.60. The van der Waals surface area contributed by atoms with Gasteiger partial charge < -0.3 is 14.0 Å². The molecule has 0 saturated carbocycles. The highest BCUT2D eigenvalue weighted by Gasteiger charge is 2.15. The third kappa shape index (κ3) is 2.70. The highest BCUT2D eigenvalue weighted by atomic mass is 35.5. The van der Waals surface area contributed by atoms with Crippen molar-refractivity contribution in [2.75, 3.05) is 14.2 Å². The van der Waals surface area contributed by atoms with Gasteiger partial charge in [0.2, 0.25) is 0 Å². The Morgan fingerprint density at radius 2 is 1.90 bits per heavy atom. The third-order valence-corrected chi connectivity index (χ3v) is 3.88. The molecule has 0 aliphatic heterocycles. The fourth-order valence-corrected chi connectivity index (χ4v) is 2.45. The minimum absolute atomic E-state index is 0.399. The summed E-state index contributed by atoms with van der Waals surface area (Å²) in [7, 11) is 3.27. The summed E-state index contributed by atoms with van der Waals surface area (Å²) >= 11 is 6.03. The van der Waals surface area contributed by atoms with Gasteiger partial charge in [-0.15, -0.1) is 11.6 Å². The number of hydrogen-bond donors (Lipinski definition) is 0. The van der Waals surface area contributed by atoms with Crippen LogP contribution in [0.5, 0.6) is 11.5 Å². The second-order valence-corrected chi connectivity index (χ2v) is 5.25. The minimum Gasteiger partial charge on any atom is -0.493 e. The molecule has 2 aromatic rings. The zero-order valence-electron chi connectivity index (χ0n) is 12.4. The first-order valence-electron chi connectivity index (χ1n) is 6.81. The van der Waals surface area contributed by atoms with E-state index >= 15 is 0 Å². The molecule has 0 saturated heterocycles. The SMILES string of the molecule is CCC(C)Cn1c(CCl)nc2cc(OC)c(OC)cc21. The van der Waals surface area contributed by atoms with E-state index in [0.717, 1.165) is 29.8 Å². The maximum atomic E-state index is 6.03. The molecule has 0 bridgehead atoms. The van der Waals surface area contributed by atoms with Gasteiger partial charge >= 0.3 is 0 Å². The standard InChI is InChI=1S/C15H21ClN2O2/c1-5-10(2)9-18-12-7-14(20-4)13(19-3)6-11(12)17-15(18)8-16/h6-7,10H,5,8-9H2,1-4H3. The van der Waals surface area contributed by atoms with E-state index in [4.69, 9.17) is 21.1 Å². The predicted molar refractivity (Wildman–Crippen MR) is 81.8 cm³/mol. The summed E-state index contributed by atoms with van der Waals surface area (Å²) in [6.07, 6.45) is 1.12. The van der Waals surface area contributed by atoms with Crippen LogP contribution in [0.25, 0.3) is 11.0 Å². The zero-order chi connectivity index (χ0) is 14.7. The molecule has 0 amide bonds. The first-order chi connectivity index (χ1) is 9.64. The molecule has 1 heterocycles. The van der Waals surface area contributed by atoms with Gasteiger partial charge in [-0.25, -0.2) is 4.98 Å². The average molecular weight is 297 g/mol. The summed E-state index contributed by atoms with van der Waals surface area (Å²) in [6, 6.07) is 3.87. The fraction of sp³-hybridized carbons (Fsp3) is 0.533. The number of ether oxygens (including phenoxy) is 2. The van der Waals surface area contributed by atoms with E-state index in [1.807, 2.05) is 12.1 Å². The molecule has 1 unspecified atom stereocenters. The van der Waals surface area contributed by atoms with E-state index in [0.29, 0.717) is 23.3 Å². The molecular formula is C15H21ClN2O2. The van der Waals surface area contributed by atoms with Crippen molar-refractivity contribution in [3.05, 3.63) is 18.0 Å². The summed E-state index contributed by atoms with van der Waals surface area (Å²) in [6.45, 7) is 5.32. The Morgan fingerprint density at radius 1 is 1.25 bits per heavy atom. The Hall–Kier alpha value is -1.42. The van der Waals surface area contributed by atoms with E-state index in [1.54, 1.807) is 14.2 Å². The van der Waals surface area contributed by atoms with E-state index in [9.17, 15) is 0 Å². The van der Waals surface area contributed by atoms with Crippen LogP contribution in [0.15, 0.2) is 12.1 Å². The fourth-order valence-electron chi connectivity index (χ4n) is 2.25.